The van der Waals surface area contributed by atoms with Crippen LogP contribution in [0, 0.1) is 6.92 Å². The number of hydrogen-bond donors (Lipinski definition) is 1. The zero-order chi connectivity index (χ0) is 16.7. The second-order valence-electron chi connectivity index (χ2n) is 5.64. The quantitative estimate of drug-likeness (QED) is 0.733. The summed E-state index contributed by atoms with van der Waals surface area (Å²) < 4.78 is 12.9. The molecular weight excluding hydrogens is 304 g/mol. The van der Waals surface area contributed by atoms with E-state index in [1.54, 1.807) is 0 Å². The molecule has 1 unspecified atom stereocenters. The maximum atomic E-state index is 12.9. The van der Waals surface area contributed by atoms with Crippen LogP contribution in [0.3, 0.4) is 0 Å². The SMILES string of the molecule is CCCC/C=C(/[C@H](O)c1ccccc1)S(=O)c1ccc(C)cc1. The maximum absolute atomic E-state index is 12.9. The van der Waals surface area contributed by atoms with Crippen LogP contribution in [0.4, 0.5) is 0 Å². The second kappa shape index (κ2) is 8.80. The van der Waals surface area contributed by atoms with Crippen molar-refractivity contribution in [2.45, 2.75) is 44.1 Å². The van der Waals surface area contributed by atoms with Crippen molar-refractivity contribution in [2.24, 2.45) is 0 Å². The Morgan fingerprint density at radius 3 is 2.39 bits per heavy atom. The van der Waals surface area contributed by atoms with Crippen LogP contribution in [0.2, 0.25) is 0 Å². The molecule has 0 aromatic heterocycles. The highest BCUT2D eigenvalue weighted by molar-refractivity contribution is 7.89. The number of allylic oxidation sites excluding steroid dienone is 1. The summed E-state index contributed by atoms with van der Waals surface area (Å²) >= 11 is 0. The largest absolute Gasteiger partial charge is 0.383 e. The van der Waals surface area contributed by atoms with E-state index < -0.39 is 16.9 Å². The molecule has 0 amide bonds. The molecule has 0 spiro atoms. The van der Waals surface area contributed by atoms with Crippen LogP contribution in [0.5, 0.6) is 0 Å². The molecule has 0 saturated carbocycles. The Kier molecular flexibility index (Phi) is 6.75. The van der Waals surface area contributed by atoms with Crippen molar-refractivity contribution >= 4 is 10.8 Å². The first kappa shape index (κ1) is 17.6. The predicted molar refractivity (Wildman–Crippen MR) is 96.6 cm³/mol. The smallest absolute Gasteiger partial charge is 0.112 e. The Bertz CT molecular complexity index is 660. The van der Waals surface area contributed by atoms with E-state index in [0.717, 1.165) is 35.3 Å². The minimum atomic E-state index is -1.35. The average molecular weight is 328 g/mol. The third-order valence-electron chi connectivity index (χ3n) is 3.74. The monoisotopic (exact) mass is 328 g/mol. The van der Waals surface area contributed by atoms with Gasteiger partial charge in [-0.1, -0.05) is 73.9 Å². The average Bonchev–Trinajstić information content (AvgIpc) is 2.59. The summed E-state index contributed by atoms with van der Waals surface area (Å²) in [5.41, 5.74) is 1.90. The number of hydrogen-bond acceptors (Lipinski definition) is 2. The molecule has 1 N–H and O–H groups in total. The molecule has 2 nitrogen and oxygen atoms in total. The van der Waals surface area contributed by atoms with E-state index in [-0.39, 0.29) is 0 Å². The van der Waals surface area contributed by atoms with Crippen molar-refractivity contribution in [2.75, 3.05) is 0 Å². The predicted octanol–water partition coefficient (Wildman–Crippen LogP) is 4.91. The fourth-order valence-corrected chi connectivity index (χ4v) is 3.60. The Morgan fingerprint density at radius 1 is 1.13 bits per heavy atom. The highest BCUT2D eigenvalue weighted by Gasteiger charge is 2.20. The van der Waals surface area contributed by atoms with E-state index in [1.807, 2.05) is 67.6 Å². The molecule has 0 saturated heterocycles. The van der Waals surface area contributed by atoms with Gasteiger partial charge in [-0.3, -0.25) is 0 Å². The van der Waals surface area contributed by atoms with Gasteiger partial charge in [0.05, 0.1) is 15.7 Å². The van der Waals surface area contributed by atoms with Crippen molar-refractivity contribution in [3.05, 3.63) is 76.7 Å². The van der Waals surface area contributed by atoms with Crippen molar-refractivity contribution in [1.29, 1.82) is 0 Å². The van der Waals surface area contributed by atoms with Gasteiger partial charge in [0.15, 0.2) is 0 Å². The Labute approximate surface area is 141 Å². The second-order valence-corrected chi connectivity index (χ2v) is 7.12. The molecule has 3 heteroatoms. The lowest BCUT2D eigenvalue weighted by molar-refractivity contribution is 0.223. The first-order chi connectivity index (χ1) is 11.1. The Morgan fingerprint density at radius 2 is 1.78 bits per heavy atom. The lowest BCUT2D eigenvalue weighted by atomic mass is 10.1. The van der Waals surface area contributed by atoms with Crippen molar-refractivity contribution < 1.29 is 9.32 Å². The summed E-state index contributed by atoms with van der Waals surface area (Å²) in [6.45, 7) is 4.13. The minimum Gasteiger partial charge on any atom is -0.383 e. The molecule has 0 heterocycles. The Balaban J connectivity index is 2.32. The summed E-state index contributed by atoms with van der Waals surface area (Å²) in [6, 6.07) is 17.1. The summed E-state index contributed by atoms with van der Waals surface area (Å²) in [4.78, 5) is 1.31. The maximum Gasteiger partial charge on any atom is 0.112 e. The standard InChI is InChI=1S/C20H24O2S/c1-3-4-6-11-19(20(21)17-9-7-5-8-10-17)23(22)18-14-12-16(2)13-15-18/h5,7-15,20-21H,3-4,6H2,1-2H3/b19-11-/t20-,23?/m1/s1. The van der Waals surface area contributed by atoms with Crippen LogP contribution in [0.25, 0.3) is 0 Å². The van der Waals surface area contributed by atoms with Crippen molar-refractivity contribution in [1.82, 2.24) is 0 Å². The highest BCUT2D eigenvalue weighted by Crippen LogP contribution is 2.28. The molecule has 0 radical (unpaired) electrons. The van der Waals surface area contributed by atoms with Crippen molar-refractivity contribution in [3.8, 4) is 0 Å². The van der Waals surface area contributed by atoms with Gasteiger partial charge < -0.3 is 5.11 Å². The molecule has 2 atom stereocenters. The normalized spacial score (nSPS) is 14.5. The molecule has 2 rings (SSSR count). The summed E-state index contributed by atoms with van der Waals surface area (Å²) in [5.74, 6) is 0. The van der Waals surface area contributed by atoms with Crippen LogP contribution in [0.15, 0.2) is 70.5 Å². The molecule has 0 fully saturated rings. The summed E-state index contributed by atoms with van der Waals surface area (Å²) in [7, 11) is -1.35. The van der Waals surface area contributed by atoms with E-state index in [1.165, 1.54) is 0 Å². The molecule has 2 aromatic carbocycles. The first-order valence-corrected chi connectivity index (χ1v) is 9.20. The topological polar surface area (TPSA) is 37.3 Å². The number of benzene rings is 2. The van der Waals surface area contributed by atoms with E-state index in [0.29, 0.717) is 4.91 Å². The molecular formula is C20H24O2S. The lowest BCUT2D eigenvalue weighted by Crippen LogP contribution is -2.08. The first-order valence-electron chi connectivity index (χ1n) is 8.05. The van der Waals surface area contributed by atoms with E-state index in [4.69, 9.17) is 0 Å². The molecule has 2 aromatic rings. The zero-order valence-corrected chi connectivity index (χ0v) is 14.6. The molecule has 0 bridgehead atoms. The van der Waals surface area contributed by atoms with Gasteiger partial charge >= 0.3 is 0 Å². The molecule has 0 aliphatic heterocycles. The van der Waals surface area contributed by atoms with Crippen LogP contribution in [-0.4, -0.2) is 9.32 Å². The van der Waals surface area contributed by atoms with Gasteiger partial charge in [-0.2, -0.15) is 0 Å². The van der Waals surface area contributed by atoms with Gasteiger partial charge in [-0.25, -0.2) is 4.21 Å². The third kappa shape index (κ3) is 4.88. The highest BCUT2D eigenvalue weighted by atomic mass is 32.2. The van der Waals surface area contributed by atoms with Crippen molar-refractivity contribution in [3.63, 3.8) is 0 Å². The zero-order valence-electron chi connectivity index (χ0n) is 13.7. The van der Waals surface area contributed by atoms with E-state index in [9.17, 15) is 9.32 Å². The van der Waals surface area contributed by atoms with Crippen LogP contribution < -0.4 is 0 Å². The number of aryl methyl sites for hydroxylation is 1. The van der Waals surface area contributed by atoms with Gasteiger partial charge in [0.1, 0.15) is 6.10 Å². The number of unbranched alkanes of at least 4 members (excludes halogenated alkanes) is 2. The van der Waals surface area contributed by atoms with E-state index >= 15 is 0 Å². The number of aliphatic hydroxyl groups is 1. The van der Waals surface area contributed by atoms with Gasteiger partial charge in [-0.05, 0) is 31.0 Å². The fraction of sp³-hybridized carbons (Fsp3) is 0.300. The fourth-order valence-electron chi connectivity index (χ4n) is 2.33. The van der Waals surface area contributed by atoms with Gasteiger partial charge in [0.25, 0.3) is 0 Å². The number of aliphatic hydroxyl groups excluding tert-OH is 1. The third-order valence-corrected chi connectivity index (χ3v) is 5.26. The van der Waals surface area contributed by atoms with Crippen LogP contribution >= 0.6 is 0 Å². The number of rotatable bonds is 7. The molecule has 0 aliphatic rings. The molecule has 23 heavy (non-hydrogen) atoms. The van der Waals surface area contributed by atoms with Gasteiger partial charge in [-0.15, -0.1) is 0 Å². The van der Waals surface area contributed by atoms with Gasteiger partial charge in [0, 0.05) is 4.90 Å². The van der Waals surface area contributed by atoms with E-state index in [2.05, 4.69) is 6.92 Å². The van der Waals surface area contributed by atoms with Crippen LogP contribution in [-0.2, 0) is 10.8 Å². The van der Waals surface area contributed by atoms with Gasteiger partial charge in [0.2, 0.25) is 0 Å². The summed E-state index contributed by atoms with van der Waals surface area (Å²) in [6.07, 6.45) is 4.03. The molecule has 0 aliphatic carbocycles. The minimum absolute atomic E-state index is 0.577. The molecule has 122 valence electrons. The van der Waals surface area contributed by atoms with Crippen LogP contribution in [0.1, 0.15) is 43.4 Å². The lowest BCUT2D eigenvalue weighted by Gasteiger charge is -2.16. The Hall–Kier alpha value is -1.71. The summed E-state index contributed by atoms with van der Waals surface area (Å²) in [5, 5.41) is 10.7.